The number of non-ortho nitro benzene ring substituents is 1. The van der Waals surface area contributed by atoms with E-state index >= 15 is 0 Å². The Hall–Kier alpha value is -2.40. The van der Waals surface area contributed by atoms with Crippen molar-refractivity contribution in [1.29, 1.82) is 0 Å². The van der Waals surface area contributed by atoms with Crippen LogP contribution in [-0.2, 0) is 4.79 Å². The van der Waals surface area contributed by atoms with E-state index in [1.54, 1.807) is 36.2 Å². The molecule has 0 bridgehead atoms. The summed E-state index contributed by atoms with van der Waals surface area (Å²) < 4.78 is 0. The Morgan fingerprint density at radius 2 is 1.69 bits per heavy atom. The molecular formula is C20H23ClN2O3. The van der Waals surface area contributed by atoms with E-state index in [0.29, 0.717) is 5.02 Å². The fourth-order valence-electron chi connectivity index (χ4n) is 3.01. The number of nitro groups is 1. The standard InChI is InChI=1S/C20H23ClN2O3/c1-13(2)19(15-8-10-17(21)11-9-15)20(24)22(4)14(3)16-6-5-7-18(12-16)23(25)26/h5-14,19H,1-4H3. The first-order chi connectivity index (χ1) is 12.2. The molecular weight excluding hydrogens is 352 g/mol. The van der Waals surface area contributed by atoms with Crippen molar-refractivity contribution in [3.05, 3.63) is 74.8 Å². The van der Waals surface area contributed by atoms with Gasteiger partial charge in [0.15, 0.2) is 0 Å². The van der Waals surface area contributed by atoms with E-state index in [9.17, 15) is 14.9 Å². The molecule has 0 fully saturated rings. The van der Waals surface area contributed by atoms with Crippen LogP contribution in [0.3, 0.4) is 0 Å². The molecule has 0 saturated heterocycles. The zero-order valence-corrected chi connectivity index (χ0v) is 16.1. The van der Waals surface area contributed by atoms with Crippen molar-refractivity contribution in [3.63, 3.8) is 0 Å². The molecule has 0 aromatic heterocycles. The highest BCUT2D eigenvalue weighted by Crippen LogP contribution is 2.31. The Morgan fingerprint density at radius 3 is 2.23 bits per heavy atom. The lowest BCUT2D eigenvalue weighted by atomic mass is 9.86. The van der Waals surface area contributed by atoms with Gasteiger partial charge in [-0.3, -0.25) is 14.9 Å². The van der Waals surface area contributed by atoms with Crippen molar-refractivity contribution in [2.45, 2.75) is 32.7 Å². The fraction of sp³-hybridized carbons (Fsp3) is 0.350. The largest absolute Gasteiger partial charge is 0.338 e. The molecule has 0 spiro atoms. The fourth-order valence-corrected chi connectivity index (χ4v) is 3.14. The summed E-state index contributed by atoms with van der Waals surface area (Å²) in [5, 5.41) is 11.6. The van der Waals surface area contributed by atoms with Gasteiger partial charge < -0.3 is 4.90 Å². The average Bonchev–Trinajstić information content (AvgIpc) is 2.62. The van der Waals surface area contributed by atoms with Crippen LogP contribution >= 0.6 is 11.6 Å². The Balaban J connectivity index is 2.29. The molecule has 2 atom stereocenters. The summed E-state index contributed by atoms with van der Waals surface area (Å²) in [6.45, 7) is 5.88. The first kappa shape index (κ1) is 19.9. The minimum absolute atomic E-state index is 0.0216. The third kappa shape index (κ3) is 4.41. The van der Waals surface area contributed by atoms with Crippen LogP contribution in [-0.4, -0.2) is 22.8 Å². The predicted octanol–water partition coefficient (Wildman–Crippen LogP) is 5.21. The third-order valence-corrected chi connectivity index (χ3v) is 4.91. The molecule has 0 aliphatic heterocycles. The van der Waals surface area contributed by atoms with Gasteiger partial charge in [-0.2, -0.15) is 0 Å². The average molecular weight is 375 g/mol. The second-order valence-electron chi connectivity index (χ2n) is 6.75. The maximum Gasteiger partial charge on any atom is 0.269 e. The second-order valence-corrected chi connectivity index (χ2v) is 7.19. The number of likely N-dealkylation sites (N-methyl/N-ethyl adjacent to an activating group) is 1. The molecule has 5 nitrogen and oxygen atoms in total. The van der Waals surface area contributed by atoms with Crippen molar-refractivity contribution in [1.82, 2.24) is 4.90 Å². The molecule has 2 unspecified atom stereocenters. The molecule has 0 heterocycles. The Labute approximate surface area is 158 Å². The van der Waals surface area contributed by atoms with E-state index in [0.717, 1.165) is 11.1 Å². The van der Waals surface area contributed by atoms with E-state index in [2.05, 4.69) is 0 Å². The zero-order valence-electron chi connectivity index (χ0n) is 15.3. The highest BCUT2D eigenvalue weighted by Gasteiger charge is 2.29. The number of nitrogens with zero attached hydrogens (tertiary/aromatic N) is 2. The van der Waals surface area contributed by atoms with Gasteiger partial charge in [0.25, 0.3) is 5.69 Å². The molecule has 2 aromatic rings. The molecule has 2 aromatic carbocycles. The smallest absolute Gasteiger partial charge is 0.269 e. The van der Waals surface area contributed by atoms with Gasteiger partial charge in [0.1, 0.15) is 0 Å². The van der Waals surface area contributed by atoms with Crippen molar-refractivity contribution < 1.29 is 9.72 Å². The molecule has 0 aliphatic rings. The SMILES string of the molecule is CC(C)C(C(=O)N(C)C(C)c1cccc([N+](=O)[O-])c1)c1ccc(Cl)cc1. The van der Waals surface area contributed by atoms with E-state index < -0.39 is 4.92 Å². The van der Waals surface area contributed by atoms with E-state index in [1.807, 2.05) is 32.9 Å². The van der Waals surface area contributed by atoms with Gasteiger partial charge in [0.2, 0.25) is 5.91 Å². The number of nitro benzene ring substituents is 1. The quantitative estimate of drug-likeness (QED) is 0.515. The van der Waals surface area contributed by atoms with E-state index in [-0.39, 0.29) is 29.5 Å². The highest BCUT2D eigenvalue weighted by molar-refractivity contribution is 6.30. The summed E-state index contributed by atoms with van der Waals surface area (Å²) in [6.07, 6.45) is 0. The molecule has 0 saturated carbocycles. The van der Waals surface area contributed by atoms with Crippen LogP contribution in [0.5, 0.6) is 0 Å². The number of carbonyl (C=O) groups excluding carboxylic acids is 1. The van der Waals surface area contributed by atoms with Gasteiger partial charge in [-0.1, -0.05) is 49.7 Å². The number of rotatable bonds is 6. The molecule has 6 heteroatoms. The highest BCUT2D eigenvalue weighted by atomic mass is 35.5. The molecule has 0 radical (unpaired) electrons. The van der Waals surface area contributed by atoms with Crippen LogP contribution in [0.15, 0.2) is 48.5 Å². The minimum Gasteiger partial charge on any atom is -0.338 e. The monoisotopic (exact) mass is 374 g/mol. The van der Waals surface area contributed by atoms with Crippen molar-refractivity contribution in [2.75, 3.05) is 7.05 Å². The van der Waals surface area contributed by atoms with Crippen LogP contribution in [0.25, 0.3) is 0 Å². The van der Waals surface area contributed by atoms with Gasteiger partial charge in [-0.25, -0.2) is 0 Å². The van der Waals surface area contributed by atoms with Gasteiger partial charge in [-0.05, 0) is 36.1 Å². The van der Waals surface area contributed by atoms with Gasteiger partial charge in [0, 0.05) is 24.2 Å². The maximum atomic E-state index is 13.2. The lowest BCUT2D eigenvalue weighted by molar-refractivity contribution is -0.384. The summed E-state index contributed by atoms with van der Waals surface area (Å²) in [4.78, 5) is 25.4. The Morgan fingerprint density at radius 1 is 1.08 bits per heavy atom. The third-order valence-electron chi connectivity index (χ3n) is 4.65. The van der Waals surface area contributed by atoms with Gasteiger partial charge >= 0.3 is 0 Å². The number of amides is 1. The van der Waals surface area contributed by atoms with Crippen LogP contribution in [0.2, 0.25) is 5.02 Å². The Bertz CT molecular complexity index is 790. The van der Waals surface area contributed by atoms with E-state index in [4.69, 9.17) is 11.6 Å². The minimum atomic E-state index is -0.428. The molecule has 2 rings (SSSR count). The van der Waals surface area contributed by atoms with Crippen LogP contribution in [0.1, 0.15) is 43.9 Å². The molecule has 0 aliphatic carbocycles. The zero-order chi connectivity index (χ0) is 19.4. The topological polar surface area (TPSA) is 63.5 Å². The maximum absolute atomic E-state index is 13.2. The van der Waals surface area contributed by atoms with Crippen LogP contribution in [0, 0.1) is 16.0 Å². The Kier molecular flexibility index (Phi) is 6.37. The number of carbonyl (C=O) groups is 1. The van der Waals surface area contributed by atoms with Gasteiger partial charge in [0.05, 0.1) is 16.9 Å². The summed E-state index contributed by atoms with van der Waals surface area (Å²) in [7, 11) is 1.73. The van der Waals surface area contributed by atoms with Crippen molar-refractivity contribution in [3.8, 4) is 0 Å². The number of benzene rings is 2. The number of halogens is 1. The van der Waals surface area contributed by atoms with Crippen molar-refractivity contribution in [2.24, 2.45) is 5.92 Å². The molecule has 26 heavy (non-hydrogen) atoms. The van der Waals surface area contributed by atoms with E-state index in [1.165, 1.54) is 12.1 Å². The lowest BCUT2D eigenvalue weighted by Gasteiger charge is -2.31. The predicted molar refractivity (Wildman–Crippen MR) is 103 cm³/mol. The summed E-state index contributed by atoms with van der Waals surface area (Å²) in [6, 6.07) is 13.4. The van der Waals surface area contributed by atoms with Crippen LogP contribution < -0.4 is 0 Å². The number of hydrogen-bond donors (Lipinski definition) is 0. The molecule has 138 valence electrons. The van der Waals surface area contributed by atoms with Gasteiger partial charge in [-0.15, -0.1) is 0 Å². The molecule has 0 N–H and O–H groups in total. The normalized spacial score (nSPS) is 13.3. The number of hydrogen-bond acceptors (Lipinski definition) is 3. The second kappa shape index (κ2) is 8.32. The first-order valence-corrected chi connectivity index (χ1v) is 8.86. The van der Waals surface area contributed by atoms with Crippen molar-refractivity contribution >= 4 is 23.2 Å². The summed E-state index contributed by atoms with van der Waals surface area (Å²) >= 11 is 5.96. The lowest BCUT2D eigenvalue weighted by Crippen LogP contribution is -2.36. The van der Waals surface area contributed by atoms with Crippen LogP contribution in [0.4, 0.5) is 5.69 Å². The first-order valence-electron chi connectivity index (χ1n) is 8.49. The molecule has 1 amide bonds. The summed E-state index contributed by atoms with van der Waals surface area (Å²) in [5.41, 5.74) is 1.66. The summed E-state index contributed by atoms with van der Waals surface area (Å²) in [5.74, 6) is -0.233.